The molecule has 15 heavy (non-hydrogen) atoms. The number of carbonyl (C=O) groups is 1. The first-order valence-corrected chi connectivity index (χ1v) is 5.69. The Balaban J connectivity index is 2.14. The van der Waals surface area contributed by atoms with E-state index in [9.17, 15) is 4.79 Å². The van der Waals surface area contributed by atoms with Crippen LogP contribution in [-0.2, 0) is 0 Å². The van der Waals surface area contributed by atoms with Crippen molar-refractivity contribution in [3.63, 3.8) is 0 Å². The summed E-state index contributed by atoms with van der Waals surface area (Å²) in [5, 5.41) is 8.74. The number of anilines is 1. The molecule has 0 radical (unpaired) electrons. The normalized spacial score (nSPS) is 15.7. The Bertz CT molecular complexity index is 390. The molecule has 80 valence electrons. The lowest BCUT2D eigenvalue weighted by Gasteiger charge is -2.26. The van der Waals surface area contributed by atoms with Gasteiger partial charge in [-0.2, -0.15) is 11.8 Å². The van der Waals surface area contributed by atoms with Crippen molar-refractivity contribution in [2.75, 3.05) is 17.2 Å². The molecule has 1 heterocycles. The van der Waals surface area contributed by atoms with E-state index in [1.165, 1.54) is 12.1 Å². The molecule has 0 bridgehead atoms. The number of ether oxygens (including phenoxy) is 1. The molecule has 4 nitrogen and oxygen atoms in total. The summed E-state index contributed by atoms with van der Waals surface area (Å²) in [5.41, 5.74) is 6.26. The first-order valence-electron chi connectivity index (χ1n) is 4.54. The first-order chi connectivity index (χ1) is 7.16. The van der Waals surface area contributed by atoms with Crippen LogP contribution in [0.5, 0.6) is 5.75 Å². The summed E-state index contributed by atoms with van der Waals surface area (Å²) in [6.07, 6.45) is 0.216. The van der Waals surface area contributed by atoms with Crippen LogP contribution in [0, 0.1) is 0 Å². The van der Waals surface area contributed by atoms with E-state index in [4.69, 9.17) is 15.6 Å². The standard InChI is InChI=1S/C10H11NO3S/c11-8-3-6(10(12)13)1-2-9(8)14-7-4-15-5-7/h1-3,7H,4-5,11H2,(H,12,13). The van der Waals surface area contributed by atoms with Gasteiger partial charge in [-0.15, -0.1) is 0 Å². The molecule has 1 aromatic rings. The number of thioether (sulfide) groups is 1. The molecule has 0 saturated carbocycles. The predicted molar refractivity (Wildman–Crippen MR) is 59.6 cm³/mol. The zero-order valence-electron chi connectivity index (χ0n) is 7.97. The number of hydrogen-bond acceptors (Lipinski definition) is 4. The Labute approximate surface area is 91.4 Å². The molecule has 0 atom stereocenters. The SMILES string of the molecule is Nc1cc(C(=O)O)ccc1OC1CSC1. The van der Waals surface area contributed by atoms with Crippen LogP contribution < -0.4 is 10.5 Å². The molecule has 3 N–H and O–H groups in total. The second-order valence-corrected chi connectivity index (χ2v) is 4.41. The van der Waals surface area contributed by atoms with Crippen molar-refractivity contribution in [1.82, 2.24) is 0 Å². The molecule has 0 spiro atoms. The third-order valence-corrected chi connectivity index (χ3v) is 3.37. The van der Waals surface area contributed by atoms with Crippen LogP contribution >= 0.6 is 11.8 Å². The average Bonchev–Trinajstić information content (AvgIpc) is 2.12. The van der Waals surface area contributed by atoms with Crippen LogP contribution in [-0.4, -0.2) is 28.7 Å². The summed E-state index contributed by atoms with van der Waals surface area (Å²) in [5.74, 6) is 1.54. The Hall–Kier alpha value is -1.36. The van der Waals surface area contributed by atoms with Gasteiger partial charge >= 0.3 is 5.97 Å². The van der Waals surface area contributed by atoms with Crippen molar-refractivity contribution in [3.05, 3.63) is 23.8 Å². The van der Waals surface area contributed by atoms with Gasteiger partial charge in [0.05, 0.1) is 11.3 Å². The number of hydrogen-bond donors (Lipinski definition) is 2. The van der Waals surface area contributed by atoms with Crippen LogP contribution in [0.1, 0.15) is 10.4 Å². The van der Waals surface area contributed by atoms with E-state index in [1.807, 2.05) is 11.8 Å². The molecular formula is C10H11NO3S. The average molecular weight is 225 g/mol. The Kier molecular flexibility index (Phi) is 2.73. The fourth-order valence-corrected chi connectivity index (χ4v) is 1.81. The number of rotatable bonds is 3. The van der Waals surface area contributed by atoms with Crippen molar-refractivity contribution in [1.29, 1.82) is 0 Å². The van der Waals surface area contributed by atoms with Crippen molar-refractivity contribution in [2.24, 2.45) is 0 Å². The zero-order valence-corrected chi connectivity index (χ0v) is 8.79. The molecule has 1 aliphatic heterocycles. The minimum Gasteiger partial charge on any atom is -0.487 e. The van der Waals surface area contributed by atoms with Crippen molar-refractivity contribution >= 4 is 23.4 Å². The van der Waals surface area contributed by atoms with Gasteiger partial charge in [-0.25, -0.2) is 4.79 Å². The number of nitrogen functional groups attached to an aromatic ring is 1. The minimum atomic E-state index is -0.979. The van der Waals surface area contributed by atoms with Crippen molar-refractivity contribution in [2.45, 2.75) is 6.10 Å². The summed E-state index contributed by atoms with van der Waals surface area (Å²) < 4.78 is 5.58. The van der Waals surface area contributed by atoms with Gasteiger partial charge in [-0.05, 0) is 18.2 Å². The molecule has 0 aromatic heterocycles. The van der Waals surface area contributed by atoms with Gasteiger partial charge in [-0.3, -0.25) is 0 Å². The fourth-order valence-electron chi connectivity index (χ4n) is 1.25. The van der Waals surface area contributed by atoms with E-state index < -0.39 is 5.97 Å². The molecule has 0 amide bonds. The van der Waals surface area contributed by atoms with E-state index in [-0.39, 0.29) is 11.7 Å². The quantitative estimate of drug-likeness (QED) is 0.762. The highest BCUT2D eigenvalue weighted by atomic mass is 32.2. The number of carboxylic acid groups (broad SMARTS) is 1. The van der Waals surface area contributed by atoms with Crippen LogP contribution in [0.2, 0.25) is 0 Å². The Morgan fingerprint density at radius 2 is 2.27 bits per heavy atom. The molecule has 0 unspecified atom stereocenters. The highest BCUT2D eigenvalue weighted by molar-refractivity contribution is 8.00. The summed E-state index contributed by atoms with van der Waals surface area (Å²) in [7, 11) is 0. The molecule has 5 heteroatoms. The van der Waals surface area contributed by atoms with Gasteiger partial charge in [0.2, 0.25) is 0 Å². The van der Waals surface area contributed by atoms with Crippen LogP contribution in [0.25, 0.3) is 0 Å². The third kappa shape index (κ3) is 2.18. The molecule has 1 aromatic carbocycles. The zero-order chi connectivity index (χ0) is 10.8. The number of carboxylic acids is 1. The summed E-state index contributed by atoms with van der Waals surface area (Å²) in [6.45, 7) is 0. The smallest absolute Gasteiger partial charge is 0.335 e. The lowest BCUT2D eigenvalue weighted by molar-refractivity contribution is 0.0697. The Morgan fingerprint density at radius 1 is 1.53 bits per heavy atom. The van der Waals surface area contributed by atoms with Crippen LogP contribution in [0.4, 0.5) is 5.69 Å². The monoisotopic (exact) mass is 225 g/mol. The van der Waals surface area contributed by atoms with Gasteiger partial charge in [0.1, 0.15) is 11.9 Å². The molecular weight excluding hydrogens is 214 g/mol. The lowest BCUT2D eigenvalue weighted by Crippen LogP contribution is -2.31. The van der Waals surface area contributed by atoms with Gasteiger partial charge in [-0.1, -0.05) is 0 Å². The van der Waals surface area contributed by atoms with Crippen molar-refractivity contribution in [3.8, 4) is 5.75 Å². The van der Waals surface area contributed by atoms with E-state index in [0.29, 0.717) is 11.4 Å². The van der Waals surface area contributed by atoms with E-state index in [1.54, 1.807) is 6.07 Å². The van der Waals surface area contributed by atoms with Gasteiger partial charge < -0.3 is 15.6 Å². The maximum atomic E-state index is 10.7. The van der Waals surface area contributed by atoms with Gasteiger partial charge in [0.15, 0.2) is 0 Å². The number of aromatic carboxylic acids is 1. The maximum absolute atomic E-state index is 10.7. The molecule has 1 fully saturated rings. The topological polar surface area (TPSA) is 72.6 Å². The van der Waals surface area contributed by atoms with Gasteiger partial charge in [0.25, 0.3) is 0 Å². The van der Waals surface area contributed by atoms with Crippen LogP contribution in [0.3, 0.4) is 0 Å². The highest BCUT2D eigenvalue weighted by Gasteiger charge is 2.20. The third-order valence-electron chi connectivity index (χ3n) is 2.16. The second kappa shape index (κ2) is 4.02. The second-order valence-electron chi connectivity index (χ2n) is 3.34. The summed E-state index contributed by atoms with van der Waals surface area (Å²) >= 11 is 1.82. The number of nitrogens with two attached hydrogens (primary N) is 1. The maximum Gasteiger partial charge on any atom is 0.335 e. The summed E-state index contributed by atoms with van der Waals surface area (Å²) in [4.78, 5) is 10.7. The largest absolute Gasteiger partial charge is 0.487 e. The molecule has 1 aliphatic rings. The number of benzene rings is 1. The van der Waals surface area contributed by atoms with Gasteiger partial charge in [0, 0.05) is 11.5 Å². The molecule has 2 rings (SSSR count). The van der Waals surface area contributed by atoms with E-state index in [0.717, 1.165) is 11.5 Å². The van der Waals surface area contributed by atoms with Crippen LogP contribution in [0.15, 0.2) is 18.2 Å². The predicted octanol–water partition coefficient (Wildman–Crippen LogP) is 1.46. The van der Waals surface area contributed by atoms with E-state index >= 15 is 0 Å². The molecule has 0 aliphatic carbocycles. The fraction of sp³-hybridized carbons (Fsp3) is 0.300. The molecule has 1 saturated heterocycles. The minimum absolute atomic E-state index is 0.183. The highest BCUT2D eigenvalue weighted by Crippen LogP contribution is 2.28. The Morgan fingerprint density at radius 3 is 2.73 bits per heavy atom. The first kappa shape index (κ1) is 10.2. The lowest BCUT2D eigenvalue weighted by atomic mass is 10.2. The summed E-state index contributed by atoms with van der Waals surface area (Å²) in [6, 6.07) is 4.53. The van der Waals surface area contributed by atoms with E-state index in [2.05, 4.69) is 0 Å². The van der Waals surface area contributed by atoms with Crippen molar-refractivity contribution < 1.29 is 14.6 Å².